The van der Waals surface area contributed by atoms with Gasteiger partial charge in [-0.1, -0.05) is 18.2 Å². The molecule has 1 aromatic carbocycles. The maximum atomic E-state index is 13.1. The molecule has 106 valence electrons. The molecule has 3 nitrogen and oxygen atoms in total. The van der Waals surface area contributed by atoms with Gasteiger partial charge in [0.25, 0.3) is 0 Å². The maximum absolute atomic E-state index is 13.1. The SMILES string of the molecule is Cn1nc(C2(N)CC2)cc1-c1ccccc1C(F)(F)F. The topological polar surface area (TPSA) is 43.8 Å². The first kappa shape index (κ1) is 13.2. The third kappa shape index (κ3) is 2.10. The van der Waals surface area contributed by atoms with Crippen molar-refractivity contribution in [1.29, 1.82) is 0 Å². The molecule has 0 bridgehead atoms. The molecule has 0 spiro atoms. The van der Waals surface area contributed by atoms with Crippen molar-refractivity contribution in [2.45, 2.75) is 24.6 Å². The van der Waals surface area contributed by atoms with Crippen LogP contribution in [0.4, 0.5) is 13.2 Å². The Kier molecular flexibility index (Phi) is 2.69. The minimum Gasteiger partial charge on any atom is -0.320 e. The van der Waals surface area contributed by atoms with Gasteiger partial charge in [-0.15, -0.1) is 0 Å². The first-order chi connectivity index (χ1) is 9.31. The standard InChI is InChI=1S/C14H14F3N3/c1-20-11(8-12(19-20)13(18)6-7-13)9-4-2-3-5-10(9)14(15,16)17/h2-5,8H,6-7,18H2,1H3. The predicted molar refractivity (Wildman–Crippen MR) is 68.7 cm³/mol. The Morgan fingerprint density at radius 2 is 1.90 bits per heavy atom. The minimum absolute atomic E-state index is 0.130. The van der Waals surface area contributed by atoms with Gasteiger partial charge in [0, 0.05) is 12.6 Å². The molecule has 0 saturated heterocycles. The molecule has 0 aliphatic heterocycles. The number of hydrogen-bond acceptors (Lipinski definition) is 2. The van der Waals surface area contributed by atoms with Crippen LogP contribution in [0.25, 0.3) is 11.3 Å². The Labute approximate surface area is 114 Å². The Balaban J connectivity index is 2.12. The Bertz CT molecular complexity index is 654. The van der Waals surface area contributed by atoms with Crippen LogP contribution < -0.4 is 5.73 Å². The lowest BCUT2D eigenvalue weighted by molar-refractivity contribution is -0.137. The fourth-order valence-corrected chi connectivity index (χ4v) is 2.31. The molecule has 2 aromatic rings. The number of nitrogens with two attached hydrogens (primary N) is 1. The van der Waals surface area contributed by atoms with Crippen LogP contribution in [0.3, 0.4) is 0 Å². The molecule has 1 aliphatic rings. The van der Waals surface area contributed by atoms with Crippen molar-refractivity contribution in [2.75, 3.05) is 0 Å². The molecule has 1 heterocycles. The highest BCUT2D eigenvalue weighted by Gasteiger charge is 2.43. The van der Waals surface area contributed by atoms with Crippen LogP contribution in [0, 0.1) is 0 Å². The van der Waals surface area contributed by atoms with Gasteiger partial charge in [-0.05, 0) is 25.0 Å². The number of nitrogens with zero attached hydrogens (tertiary/aromatic N) is 2. The van der Waals surface area contributed by atoms with Crippen molar-refractivity contribution in [3.63, 3.8) is 0 Å². The van der Waals surface area contributed by atoms with Gasteiger partial charge in [0.2, 0.25) is 0 Å². The van der Waals surface area contributed by atoms with E-state index in [9.17, 15) is 13.2 Å². The van der Waals surface area contributed by atoms with Crippen molar-refractivity contribution in [1.82, 2.24) is 9.78 Å². The highest BCUT2D eigenvalue weighted by molar-refractivity contribution is 5.65. The van der Waals surface area contributed by atoms with Crippen LogP contribution >= 0.6 is 0 Å². The molecule has 2 N–H and O–H groups in total. The second kappa shape index (κ2) is 4.09. The molecule has 0 unspecified atom stereocenters. The van der Waals surface area contributed by atoms with Crippen LogP contribution in [0.5, 0.6) is 0 Å². The van der Waals surface area contributed by atoms with Gasteiger partial charge < -0.3 is 5.73 Å². The summed E-state index contributed by atoms with van der Waals surface area (Å²) in [6, 6.07) is 7.18. The Morgan fingerprint density at radius 1 is 1.25 bits per heavy atom. The minimum atomic E-state index is -4.39. The summed E-state index contributed by atoms with van der Waals surface area (Å²) >= 11 is 0. The van der Waals surface area contributed by atoms with E-state index in [0.29, 0.717) is 11.4 Å². The number of alkyl halides is 3. The molecular formula is C14H14F3N3. The number of benzene rings is 1. The Morgan fingerprint density at radius 3 is 2.50 bits per heavy atom. The van der Waals surface area contributed by atoms with Crippen LogP contribution in [0.1, 0.15) is 24.1 Å². The fraction of sp³-hybridized carbons (Fsp3) is 0.357. The van der Waals surface area contributed by atoms with E-state index in [2.05, 4.69) is 5.10 Å². The number of halogens is 3. The highest BCUT2D eigenvalue weighted by Crippen LogP contribution is 2.44. The van der Waals surface area contributed by atoms with Crippen molar-refractivity contribution in [2.24, 2.45) is 12.8 Å². The van der Waals surface area contributed by atoms with E-state index >= 15 is 0 Å². The van der Waals surface area contributed by atoms with Crippen LogP contribution in [-0.4, -0.2) is 9.78 Å². The van der Waals surface area contributed by atoms with E-state index in [1.54, 1.807) is 19.2 Å². The van der Waals surface area contributed by atoms with E-state index in [1.165, 1.54) is 16.8 Å². The molecule has 1 aromatic heterocycles. The van der Waals surface area contributed by atoms with Gasteiger partial charge in [-0.2, -0.15) is 18.3 Å². The zero-order valence-electron chi connectivity index (χ0n) is 10.9. The molecule has 1 saturated carbocycles. The van der Waals surface area contributed by atoms with E-state index in [0.717, 1.165) is 18.9 Å². The average molecular weight is 281 g/mol. The lowest BCUT2D eigenvalue weighted by Crippen LogP contribution is -2.19. The molecule has 3 rings (SSSR count). The van der Waals surface area contributed by atoms with Crippen LogP contribution in [0.2, 0.25) is 0 Å². The molecule has 0 radical (unpaired) electrons. The van der Waals surface area contributed by atoms with E-state index in [-0.39, 0.29) is 5.56 Å². The van der Waals surface area contributed by atoms with E-state index in [1.807, 2.05) is 0 Å². The molecule has 1 fully saturated rings. The summed E-state index contributed by atoms with van der Waals surface area (Å²) in [7, 11) is 1.64. The second-order valence-electron chi connectivity index (χ2n) is 5.24. The van der Waals surface area contributed by atoms with Gasteiger partial charge in [0.05, 0.1) is 22.5 Å². The monoisotopic (exact) mass is 281 g/mol. The smallest absolute Gasteiger partial charge is 0.320 e. The lowest BCUT2D eigenvalue weighted by Gasteiger charge is -2.12. The average Bonchev–Trinajstić information content (AvgIpc) is 3.00. The zero-order valence-corrected chi connectivity index (χ0v) is 10.9. The number of rotatable bonds is 2. The molecule has 0 amide bonds. The van der Waals surface area contributed by atoms with Crippen molar-refractivity contribution in [3.8, 4) is 11.3 Å². The summed E-state index contributed by atoms with van der Waals surface area (Å²) in [5.41, 5.74) is 6.17. The second-order valence-corrected chi connectivity index (χ2v) is 5.24. The summed E-state index contributed by atoms with van der Waals surface area (Å²) in [5.74, 6) is 0. The summed E-state index contributed by atoms with van der Waals surface area (Å²) in [6.45, 7) is 0. The van der Waals surface area contributed by atoms with Crippen molar-refractivity contribution in [3.05, 3.63) is 41.6 Å². The summed E-state index contributed by atoms with van der Waals surface area (Å²) in [4.78, 5) is 0. The van der Waals surface area contributed by atoms with Gasteiger partial charge in [0.15, 0.2) is 0 Å². The quantitative estimate of drug-likeness (QED) is 0.919. The fourth-order valence-electron chi connectivity index (χ4n) is 2.31. The lowest BCUT2D eigenvalue weighted by atomic mass is 10.0. The summed E-state index contributed by atoms with van der Waals surface area (Å²) < 4.78 is 40.7. The van der Waals surface area contributed by atoms with Gasteiger partial charge >= 0.3 is 6.18 Å². The molecule has 6 heteroatoms. The number of aromatic nitrogens is 2. The highest BCUT2D eigenvalue weighted by atomic mass is 19.4. The van der Waals surface area contributed by atoms with Crippen molar-refractivity contribution >= 4 is 0 Å². The normalized spacial score (nSPS) is 17.2. The zero-order chi connectivity index (χ0) is 14.5. The third-order valence-corrected chi connectivity index (χ3v) is 3.69. The first-order valence-electron chi connectivity index (χ1n) is 6.31. The Hall–Kier alpha value is -1.82. The van der Waals surface area contributed by atoms with Gasteiger partial charge in [-0.25, -0.2) is 0 Å². The van der Waals surface area contributed by atoms with E-state index < -0.39 is 17.3 Å². The van der Waals surface area contributed by atoms with Crippen LogP contribution in [-0.2, 0) is 18.8 Å². The number of aryl methyl sites for hydroxylation is 1. The molecule has 20 heavy (non-hydrogen) atoms. The molecule has 1 aliphatic carbocycles. The number of hydrogen-bond donors (Lipinski definition) is 1. The predicted octanol–water partition coefficient (Wildman–Crippen LogP) is 3.05. The van der Waals surface area contributed by atoms with Gasteiger partial charge in [-0.3, -0.25) is 4.68 Å². The summed E-state index contributed by atoms with van der Waals surface area (Å²) in [5, 5.41) is 4.27. The van der Waals surface area contributed by atoms with Crippen LogP contribution in [0.15, 0.2) is 30.3 Å². The summed E-state index contributed by atoms with van der Waals surface area (Å²) in [6.07, 6.45) is -2.74. The first-order valence-corrected chi connectivity index (χ1v) is 6.31. The third-order valence-electron chi connectivity index (χ3n) is 3.69. The molecular weight excluding hydrogens is 267 g/mol. The molecule has 0 atom stereocenters. The van der Waals surface area contributed by atoms with Gasteiger partial charge in [0.1, 0.15) is 0 Å². The largest absolute Gasteiger partial charge is 0.417 e. The maximum Gasteiger partial charge on any atom is 0.417 e. The van der Waals surface area contributed by atoms with E-state index in [4.69, 9.17) is 5.73 Å². The van der Waals surface area contributed by atoms with Crippen molar-refractivity contribution < 1.29 is 13.2 Å².